The van der Waals surface area contributed by atoms with Crippen molar-refractivity contribution in [3.05, 3.63) is 23.9 Å². The van der Waals surface area contributed by atoms with Crippen LogP contribution in [0, 0.1) is 0 Å². The molecule has 19 heavy (non-hydrogen) atoms. The standard InChI is InChI=1S/C15H23N3O/c1-18-8-6-14(7-9-18)19-15-5-2-12(11-17-15)10-16-13-3-4-13/h2,5,11,13-14,16H,3-4,6-10H2,1H3. The zero-order valence-electron chi connectivity index (χ0n) is 11.6. The number of pyridine rings is 1. The summed E-state index contributed by atoms with van der Waals surface area (Å²) < 4.78 is 5.94. The van der Waals surface area contributed by atoms with Crippen molar-refractivity contribution in [1.82, 2.24) is 15.2 Å². The first-order valence-electron chi connectivity index (χ1n) is 7.33. The average Bonchev–Trinajstić information content (AvgIpc) is 3.25. The zero-order valence-corrected chi connectivity index (χ0v) is 11.6. The molecular formula is C15H23N3O. The molecule has 0 atom stereocenters. The summed E-state index contributed by atoms with van der Waals surface area (Å²) >= 11 is 0. The minimum absolute atomic E-state index is 0.333. The molecule has 1 N–H and O–H groups in total. The lowest BCUT2D eigenvalue weighted by atomic mass is 10.1. The van der Waals surface area contributed by atoms with Gasteiger partial charge in [0.25, 0.3) is 0 Å². The van der Waals surface area contributed by atoms with E-state index in [1.54, 1.807) is 0 Å². The van der Waals surface area contributed by atoms with E-state index in [-0.39, 0.29) is 0 Å². The molecular weight excluding hydrogens is 238 g/mol. The van der Waals surface area contributed by atoms with E-state index in [1.165, 1.54) is 18.4 Å². The Morgan fingerprint density at radius 3 is 2.68 bits per heavy atom. The Bertz CT molecular complexity index is 394. The maximum Gasteiger partial charge on any atom is 0.213 e. The van der Waals surface area contributed by atoms with Crippen LogP contribution >= 0.6 is 0 Å². The highest BCUT2D eigenvalue weighted by Gasteiger charge is 2.20. The molecule has 4 nitrogen and oxygen atoms in total. The Labute approximate surface area is 115 Å². The van der Waals surface area contributed by atoms with Crippen LogP contribution in [0.4, 0.5) is 0 Å². The summed E-state index contributed by atoms with van der Waals surface area (Å²) in [5, 5.41) is 3.49. The number of rotatable bonds is 5. The molecule has 1 aromatic rings. The van der Waals surface area contributed by atoms with Crippen LogP contribution in [0.1, 0.15) is 31.2 Å². The molecule has 1 aliphatic carbocycles. The second kappa shape index (κ2) is 5.88. The molecule has 1 aromatic heterocycles. The van der Waals surface area contributed by atoms with Gasteiger partial charge in [0.15, 0.2) is 0 Å². The highest BCUT2D eigenvalue weighted by Crippen LogP contribution is 2.20. The van der Waals surface area contributed by atoms with Crippen molar-refractivity contribution in [1.29, 1.82) is 0 Å². The molecule has 3 rings (SSSR count). The van der Waals surface area contributed by atoms with Gasteiger partial charge in [-0.15, -0.1) is 0 Å². The van der Waals surface area contributed by atoms with E-state index >= 15 is 0 Å². The molecule has 4 heteroatoms. The van der Waals surface area contributed by atoms with Crippen LogP contribution in [0.3, 0.4) is 0 Å². The van der Waals surface area contributed by atoms with Crippen LogP contribution in [0.25, 0.3) is 0 Å². The van der Waals surface area contributed by atoms with Gasteiger partial charge in [-0.1, -0.05) is 6.07 Å². The first-order chi connectivity index (χ1) is 9.29. The smallest absolute Gasteiger partial charge is 0.213 e. The van der Waals surface area contributed by atoms with Gasteiger partial charge in [0, 0.05) is 37.9 Å². The quantitative estimate of drug-likeness (QED) is 0.877. The molecule has 0 radical (unpaired) electrons. The molecule has 2 aliphatic rings. The summed E-state index contributed by atoms with van der Waals surface area (Å²) in [5.74, 6) is 0.768. The van der Waals surface area contributed by atoms with Gasteiger partial charge in [-0.25, -0.2) is 4.98 Å². The molecule has 0 spiro atoms. The second-order valence-corrected chi connectivity index (χ2v) is 5.78. The van der Waals surface area contributed by atoms with E-state index in [1.807, 2.05) is 12.3 Å². The van der Waals surface area contributed by atoms with Gasteiger partial charge >= 0.3 is 0 Å². The van der Waals surface area contributed by atoms with Gasteiger partial charge < -0.3 is 15.0 Å². The first-order valence-corrected chi connectivity index (χ1v) is 7.33. The lowest BCUT2D eigenvalue weighted by Crippen LogP contribution is -2.35. The molecule has 0 aromatic carbocycles. The Morgan fingerprint density at radius 2 is 2.05 bits per heavy atom. The largest absolute Gasteiger partial charge is 0.474 e. The minimum Gasteiger partial charge on any atom is -0.474 e. The number of nitrogens with zero attached hydrogens (tertiary/aromatic N) is 2. The van der Waals surface area contributed by atoms with Gasteiger partial charge in [-0.05, 0) is 38.3 Å². The molecule has 2 fully saturated rings. The van der Waals surface area contributed by atoms with E-state index in [9.17, 15) is 0 Å². The number of hydrogen-bond acceptors (Lipinski definition) is 4. The predicted octanol–water partition coefficient (Wildman–Crippen LogP) is 1.81. The molecule has 0 unspecified atom stereocenters. The fourth-order valence-electron chi connectivity index (χ4n) is 2.41. The number of hydrogen-bond donors (Lipinski definition) is 1. The molecule has 1 aliphatic heterocycles. The summed E-state index contributed by atoms with van der Waals surface area (Å²) in [4.78, 5) is 6.76. The topological polar surface area (TPSA) is 37.4 Å². The third kappa shape index (κ3) is 3.91. The normalized spacial score (nSPS) is 21.5. The van der Waals surface area contributed by atoms with Crippen molar-refractivity contribution >= 4 is 0 Å². The van der Waals surface area contributed by atoms with Crippen molar-refractivity contribution in [2.24, 2.45) is 0 Å². The highest BCUT2D eigenvalue weighted by molar-refractivity contribution is 5.18. The molecule has 0 amide bonds. The van der Waals surface area contributed by atoms with Gasteiger partial charge in [0.1, 0.15) is 6.10 Å². The van der Waals surface area contributed by atoms with Crippen LogP contribution in [0.15, 0.2) is 18.3 Å². The van der Waals surface area contributed by atoms with Gasteiger partial charge in [-0.2, -0.15) is 0 Å². The SMILES string of the molecule is CN1CCC(Oc2ccc(CNC3CC3)cn2)CC1. The first kappa shape index (κ1) is 12.9. The summed E-state index contributed by atoms with van der Waals surface area (Å²) in [6.07, 6.45) is 7.11. The highest BCUT2D eigenvalue weighted by atomic mass is 16.5. The molecule has 104 valence electrons. The number of piperidine rings is 1. The third-order valence-electron chi connectivity index (χ3n) is 3.92. The zero-order chi connectivity index (χ0) is 13.1. The van der Waals surface area contributed by atoms with Crippen molar-refractivity contribution in [2.45, 2.75) is 44.4 Å². The van der Waals surface area contributed by atoms with E-state index in [4.69, 9.17) is 4.74 Å². The Kier molecular flexibility index (Phi) is 3.99. The molecule has 1 saturated heterocycles. The Morgan fingerprint density at radius 1 is 1.26 bits per heavy atom. The van der Waals surface area contributed by atoms with Crippen LogP contribution in [0.2, 0.25) is 0 Å². The second-order valence-electron chi connectivity index (χ2n) is 5.78. The van der Waals surface area contributed by atoms with Gasteiger partial charge in [-0.3, -0.25) is 0 Å². The fourth-order valence-corrected chi connectivity index (χ4v) is 2.41. The maximum absolute atomic E-state index is 5.94. The molecule has 0 bridgehead atoms. The fraction of sp³-hybridized carbons (Fsp3) is 0.667. The minimum atomic E-state index is 0.333. The van der Waals surface area contributed by atoms with Gasteiger partial charge in [0.05, 0.1) is 0 Å². The van der Waals surface area contributed by atoms with E-state index in [2.05, 4.69) is 28.3 Å². The summed E-state index contributed by atoms with van der Waals surface area (Å²) in [5.41, 5.74) is 1.24. The summed E-state index contributed by atoms with van der Waals surface area (Å²) in [6, 6.07) is 4.87. The third-order valence-corrected chi connectivity index (χ3v) is 3.92. The summed E-state index contributed by atoms with van der Waals surface area (Å²) in [6.45, 7) is 3.16. The van der Waals surface area contributed by atoms with Crippen LogP contribution in [-0.2, 0) is 6.54 Å². The number of aromatic nitrogens is 1. The number of ether oxygens (including phenoxy) is 1. The van der Waals surface area contributed by atoms with Crippen molar-refractivity contribution in [3.8, 4) is 5.88 Å². The van der Waals surface area contributed by atoms with Crippen LogP contribution < -0.4 is 10.1 Å². The molecule has 1 saturated carbocycles. The average molecular weight is 261 g/mol. The Hall–Kier alpha value is -1.13. The number of likely N-dealkylation sites (tertiary alicyclic amines) is 1. The van der Waals surface area contributed by atoms with Crippen molar-refractivity contribution in [3.63, 3.8) is 0 Å². The lowest BCUT2D eigenvalue weighted by Gasteiger charge is -2.28. The summed E-state index contributed by atoms with van der Waals surface area (Å²) in [7, 11) is 2.16. The van der Waals surface area contributed by atoms with E-state index < -0.39 is 0 Å². The van der Waals surface area contributed by atoms with Crippen LogP contribution in [-0.4, -0.2) is 42.2 Å². The predicted molar refractivity (Wildman–Crippen MR) is 75.2 cm³/mol. The van der Waals surface area contributed by atoms with E-state index in [0.717, 1.165) is 44.4 Å². The van der Waals surface area contributed by atoms with Gasteiger partial charge in [0.2, 0.25) is 5.88 Å². The van der Waals surface area contributed by atoms with Crippen LogP contribution in [0.5, 0.6) is 5.88 Å². The maximum atomic E-state index is 5.94. The lowest BCUT2D eigenvalue weighted by molar-refractivity contribution is 0.110. The van der Waals surface area contributed by atoms with E-state index in [0.29, 0.717) is 6.10 Å². The molecule has 2 heterocycles. The van der Waals surface area contributed by atoms with Crippen molar-refractivity contribution in [2.75, 3.05) is 20.1 Å². The monoisotopic (exact) mass is 261 g/mol. The number of nitrogens with one attached hydrogen (secondary N) is 1. The Balaban J connectivity index is 1.47. The van der Waals surface area contributed by atoms with Crippen molar-refractivity contribution < 1.29 is 4.74 Å².